The molecule has 0 aliphatic carbocycles. The van der Waals surface area contributed by atoms with Gasteiger partial charge in [-0.15, -0.1) is 5.10 Å². The molecule has 2 aromatic carbocycles. The third-order valence-corrected chi connectivity index (χ3v) is 9.21. The van der Waals surface area contributed by atoms with Gasteiger partial charge in [0.15, 0.2) is 5.82 Å². The van der Waals surface area contributed by atoms with E-state index in [-0.39, 0.29) is 30.3 Å². The van der Waals surface area contributed by atoms with Gasteiger partial charge in [-0.3, -0.25) is 14.3 Å². The second-order valence-electron chi connectivity index (χ2n) is 12.0. The molecule has 1 N–H and O–H groups in total. The number of aryl methyl sites for hydroxylation is 1. The summed E-state index contributed by atoms with van der Waals surface area (Å²) in [6.07, 6.45) is 7.82. The molecule has 0 spiro atoms. The number of nitrogens with one attached hydrogen (secondary N) is 1. The number of H-pyrrole nitrogens is 1. The highest BCUT2D eigenvalue weighted by Gasteiger charge is 2.28. The Bertz CT molecular complexity index is 2020. The Hall–Kier alpha value is -5.72. The molecule has 0 atom stereocenters. The molecule has 5 aromatic rings. The largest absolute Gasteiger partial charge is 0.496 e. The van der Waals surface area contributed by atoms with Crippen LogP contribution in [0.5, 0.6) is 11.6 Å². The fourth-order valence-corrected chi connectivity index (χ4v) is 6.67. The number of methoxy groups -OCH3 is 2. The summed E-state index contributed by atoms with van der Waals surface area (Å²) < 4.78 is 29.4. The highest BCUT2D eigenvalue weighted by molar-refractivity contribution is 6.05. The number of pyridine rings is 1. The van der Waals surface area contributed by atoms with E-state index < -0.39 is 5.82 Å². The number of fused-ring (bicyclic) bond motifs is 1. The van der Waals surface area contributed by atoms with Crippen molar-refractivity contribution in [3.63, 3.8) is 0 Å². The number of carbonyl (C=O) groups is 2. The normalized spacial score (nSPS) is 15.0. The Kier molecular flexibility index (Phi) is 8.97. The average molecular weight is 665 g/mol. The van der Waals surface area contributed by atoms with Crippen molar-refractivity contribution >= 4 is 34.0 Å². The number of aromatic amines is 1. The van der Waals surface area contributed by atoms with Crippen LogP contribution >= 0.6 is 0 Å². The molecule has 1 saturated heterocycles. The first-order chi connectivity index (χ1) is 23.9. The molecule has 7 rings (SSSR count). The Morgan fingerprint density at radius 2 is 1.76 bits per heavy atom. The monoisotopic (exact) mass is 664 g/mol. The molecule has 2 aliphatic heterocycles. The fraction of sp³-hybridized carbons (Fsp3) is 0.306. The molecule has 3 aromatic heterocycles. The maximum atomic E-state index is 16.6. The van der Waals surface area contributed by atoms with E-state index in [1.807, 2.05) is 48.5 Å². The summed E-state index contributed by atoms with van der Waals surface area (Å²) >= 11 is 0. The molecule has 252 valence electrons. The molecule has 0 bridgehead atoms. The summed E-state index contributed by atoms with van der Waals surface area (Å²) in [4.78, 5) is 40.2. The van der Waals surface area contributed by atoms with Gasteiger partial charge in [0, 0.05) is 74.6 Å². The molecule has 12 nitrogen and oxygen atoms in total. The van der Waals surface area contributed by atoms with E-state index in [1.54, 1.807) is 53.4 Å². The minimum Gasteiger partial charge on any atom is -0.496 e. The highest BCUT2D eigenvalue weighted by Crippen LogP contribution is 2.40. The van der Waals surface area contributed by atoms with Gasteiger partial charge < -0.3 is 29.2 Å². The molecule has 1 fully saturated rings. The summed E-state index contributed by atoms with van der Waals surface area (Å²) in [7, 11) is 3.19. The third kappa shape index (κ3) is 6.31. The molecule has 0 radical (unpaired) electrons. The van der Waals surface area contributed by atoms with Crippen LogP contribution in [0.3, 0.4) is 0 Å². The Labute approximate surface area is 282 Å². The second kappa shape index (κ2) is 13.8. The lowest BCUT2D eigenvalue weighted by Crippen LogP contribution is -2.49. The van der Waals surface area contributed by atoms with Gasteiger partial charge in [-0.2, -0.15) is 0 Å². The smallest absolute Gasteiger partial charge is 0.270 e. The van der Waals surface area contributed by atoms with Crippen LogP contribution in [-0.4, -0.2) is 100 Å². The molecular formula is C36H37FN8O4. The van der Waals surface area contributed by atoms with Crippen molar-refractivity contribution in [2.24, 2.45) is 0 Å². The number of anilines is 1. The van der Waals surface area contributed by atoms with Crippen LogP contribution in [-0.2, 0) is 11.3 Å². The van der Waals surface area contributed by atoms with Gasteiger partial charge in [-0.1, -0.05) is 29.5 Å². The Balaban J connectivity index is 1.19. The zero-order valence-corrected chi connectivity index (χ0v) is 27.4. The van der Waals surface area contributed by atoms with E-state index in [1.165, 1.54) is 0 Å². The number of aromatic nitrogens is 5. The number of nitrogens with zero attached hydrogens (tertiary/aromatic N) is 7. The molecule has 5 heterocycles. The quantitative estimate of drug-likeness (QED) is 0.242. The number of piperazine rings is 1. The SMILES string of the molecule is COc1ccccc1-c1cc(C2=CCCN(C(=O)CCn3ccnn3)C2)c(F)c2[nH]c(C(=O)N3CCN(c4cccnc4OC)CC3)cc12. The summed E-state index contributed by atoms with van der Waals surface area (Å²) in [6.45, 7) is 3.38. The standard InChI is InChI=1S/C36H37FN8O4/c1-48-31-10-4-3-8-25(31)27-21-26(24-7-6-14-44(23-24)32(46)11-15-45-16-13-39-41-45)33(37)34-28(27)22-29(40-34)36(47)43-19-17-42(18-20-43)30-9-5-12-38-35(30)49-2/h3-5,7-10,12-13,16,21-22,40H,6,11,14-15,17-20,23H2,1-2H3. The second-order valence-corrected chi connectivity index (χ2v) is 12.0. The van der Waals surface area contributed by atoms with Crippen molar-refractivity contribution < 1.29 is 23.5 Å². The van der Waals surface area contributed by atoms with Crippen LogP contribution in [0.1, 0.15) is 28.9 Å². The number of amides is 2. The number of para-hydroxylation sites is 1. The number of carbonyl (C=O) groups excluding carboxylic acids is 2. The van der Waals surface area contributed by atoms with Crippen LogP contribution in [0.2, 0.25) is 0 Å². The highest BCUT2D eigenvalue weighted by atomic mass is 19.1. The van der Waals surface area contributed by atoms with Crippen molar-refractivity contribution in [1.29, 1.82) is 0 Å². The minimum absolute atomic E-state index is 0.0395. The van der Waals surface area contributed by atoms with Crippen LogP contribution in [0.15, 0.2) is 73.2 Å². The van der Waals surface area contributed by atoms with Gasteiger partial charge in [0.2, 0.25) is 11.8 Å². The summed E-state index contributed by atoms with van der Waals surface area (Å²) in [6, 6.07) is 14.9. The number of halogens is 1. The zero-order valence-electron chi connectivity index (χ0n) is 27.4. The number of rotatable bonds is 9. The van der Waals surface area contributed by atoms with Gasteiger partial charge in [0.1, 0.15) is 11.4 Å². The van der Waals surface area contributed by atoms with Gasteiger partial charge in [-0.05, 0) is 47.9 Å². The Morgan fingerprint density at radius 1 is 0.918 bits per heavy atom. The van der Waals surface area contributed by atoms with Crippen molar-refractivity contribution in [2.45, 2.75) is 19.4 Å². The maximum Gasteiger partial charge on any atom is 0.270 e. The average Bonchev–Trinajstić information content (AvgIpc) is 3.85. The van der Waals surface area contributed by atoms with Crippen LogP contribution in [0, 0.1) is 5.82 Å². The molecule has 0 saturated carbocycles. The van der Waals surface area contributed by atoms with E-state index in [4.69, 9.17) is 9.47 Å². The van der Waals surface area contributed by atoms with E-state index in [0.29, 0.717) is 79.5 Å². The van der Waals surface area contributed by atoms with Crippen LogP contribution in [0.25, 0.3) is 27.6 Å². The summed E-state index contributed by atoms with van der Waals surface area (Å²) in [5.74, 6) is 0.453. The van der Waals surface area contributed by atoms with Crippen molar-refractivity contribution in [3.8, 4) is 22.8 Å². The lowest BCUT2D eigenvalue weighted by molar-refractivity contribution is -0.131. The lowest BCUT2D eigenvalue weighted by atomic mass is 9.93. The van der Waals surface area contributed by atoms with E-state index in [0.717, 1.165) is 16.8 Å². The Morgan fingerprint density at radius 3 is 2.53 bits per heavy atom. The van der Waals surface area contributed by atoms with Gasteiger partial charge in [-0.25, -0.2) is 9.37 Å². The van der Waals surface area contributed by atoms with Crippen LogP contribution in [0.4, 0.5) is 10.1 Å². The van der Waals surface area contributed by atoms with Gasteiger partial charge in [0.05, 0.1) is 38.2 Å². The molecule has 13 heteroatoms. The number of hydrogen-bond acceptors (Lipinski definition) is 8. The molecule has 2 aliphatic rings. The predicted octanol–water partition coefficient (Wildman–Crippen LogP) is 4.65. The van der Waals surface area contributed by atoms with Crippen molar-refractivity contribution in [1.82, 2.24) is 34.8 Å². The van der Waals surface area contributed by atoms with Crippen LogP contribution < -0.4 is 14.4 Å². The van der Waals surface area contributed by atoms with E-state index >= 15 is 4.39 Å². The first-order valence-corrected chi connectivity index (χ1v) is 16.3. The van der Waals surface area contributed by atoms with Gasteiger partial charge >= 0.3 is 0 Å². The molecular weight excluding hydrogens is 627 g/mol. The van der Waals surface area contributed by atoms with E-state index in [2.05, 4.69) is 25.2 Å². The zero-order chi connectivity index (χ0) is 33.9. The topological polar surface area (TPSA) is 122 Å². The number of benzene rings is 2. The first kappa shape index (κ1) is 31.9. The van der Waals surface area contributed by atoms with Gasteiger partial charge in [0.25, 0.3) is 5.91 Å². The van der Waals surface area contributed by atoms with E-state index in [9.17, 15) is 9.59 Å². The lowest BCUT2D eigenvalue weighted by Gasteiger charge is -2.36. The number of hydrogen-bond donors (Lipinski definition) is 1. The third-order valence-electron chi connectivity index (χ3n) is 9.21. The summed E-state index contributed by atoms with van der Waals surface area (Å²) in [5.41, 5.74) is 4.00. The van der Waals surface area contributed by atoms with Crippen molar-refractivity contribution in [2.75, 3.05) is 58.4 Å². The predicted molar refractivity (Wildman–Crippen MR) is 183 cm³/mol. The number of ether oxygens (including phenoxy) is 2. The first-order valence-electron chi connectivity index (χ1n) is 16.3. The minimum atomic E-state index is -0.468. The maximum absolute atomic E-state index is 16.6. The molecule has 0 unspecified atom stereocenters. The molecule has 49 heavy (non-hydrogen) atoms. The fourth-order valence-electron chi connectivity index (χ4n) is 6.67. The van der Waals surface area contributed by atoms with Crippen molar-refractivity contribution in [3.05, 3.63) is 90.3 Å². The molecule has 2 amide bonds. The summed E-state index contributed by atoms with van der Waals surface area (Å²) in [5, 5.41) is 8.31.